The lowest BCUT2D eigenvalue weighted by Crippen LogP contribution is -2.51. The molecule has 1 atom stereocenters. The summed E-state index contributed by atoms with van der Waals surface area (Å²) >= 11 is 0. The first-order valence-electron chi connectivity index (χ1n) is 10.6. The van der Waals surface area contributed by atoms with Crippen LogP contribution in [0.4, 0.5) is 10.1 Å². The van der Waals surface area contributed by atoms with E-state index in [0.29, 0.717) is 24.4 Å². The quantitative estimate of drug-likeness (QED) is 0.598. The van der Waals surface area contributed by atoms with Gasteiger partial charge in [0.25, 0.3) is 15.9 Å². The highest BCUT2D eigenvalue weighted by atomic mass is 32.2. The van der Waals surface area contributed by atoms with Crippen LogP contribution < -0.4 is 14.4 Å². The number of hydrogen-bond acceptors (Lipinski definition) is 4. The topological polar surface area (TPSA) is 75.7 Å². The van der Waals surface area contributed by atoms with Gasteiger partial charge in [-0.2, -0.15) is 0 Å². The molecule has 0 aliphatic carbocycles. The minimum atomic E-state index is -3.90. The number of carbonyl (C=O) groups is 1. The molecule has 0 saturated heterocycles. The predicted octanol–water partition coefficient (Wildman–Crippen LogP) is 3.76. The van der Waals surface area contributed by atoms with Crippen molar-refractivity contribution in [3.8, 4) is 5.75 Å². The van der Waals surface area contributed by atoms with Crippen molar-refractivity contribution in [2.75, 3.05) is 17.4 Å². The Morgan fingerprint density at radius 2 is 1.70 bits per heavy atom. The molecule has 172 valence electrons. The zero-order valence-electron chi connectivity index (χ0n) is 18.4. The maximum atomic E-state index is 13.4. The molecular weight excluding hydrogens is 443 g/mol. The van der Waals surface area contributed by atoms with Gasteiger partial charge in [-0.15, -0.1) is 0 Å². The predicted molar refractivity (Wildman–Crippen MR) is 124 cm³/mol. The number of sulfonamides is 1. The molecule has 6 nitrogen and oxygen atoms in total. The van der Waals surface area contributed by atoms with Gasteiger partial charge in [0.1, 0.15) is 11.6 Å². The van der Waals surface area contributed by atoms with Crippen LogP contribution in [-0.2, 0) is 21.2 Å². The van der Waals surface area contributed by atoms with Gasteiger partial charge >= 0.3 is 0 Å². The number of amides is 1. The average Bonchev–Trinajstić information content (AvgIpc) is 2.79. The third kappa shape index (κ3) is 5.01. The second-order valence-corrected chi connectivity index (χ2v) is 9.96. The lowest BCUT2D eigenvalue weighted by atomic mass is 10.1. The van der Waals surface area contributed by atoms with Crippen LogP contribution in [0.3, 0.4) is 0 Å². The van der Waals surface area contributed by atoms with E-state index in [-0.39, 0.29) is 17.3 Å². The van der Waals surface area contributed by atoms with E-state index >= 15 is 0 Å². The van der Waals surface area contributed by atoms with Crippen molar-refractivity contribution in [3.05, 3.63) is 89.2 Å². The first kappa shape index (κ1) is 22.8. The number of halogens is 1. The Hall–Kier alpha value is -3.39. The first-order chi connectivity index (χ1) is 15.7. The fraction of sp³-hybridized carbons (Fsp3) is 0.240. The molecule has 0 aromatic heterocycles. The van der Waals surface area contributed by atoms with E-state index in [1.165, 1.54) is 16.4 Å². The number of nitrogens with zero attached hydrogens (tertiary/aromatic N) is 1. The molecule has 4 rings (SSSR count). The summed E-state index contributed by atoms with van der Waals surface area (Å²) in [6.07, 6.45) is -0.493. The SMILES string of the molecule is Cc1ccc(S(=O)(=O)N2C[C@H](C(=O)NCCc3ccc(F)cc3)Oc3cc(C)ccc32)cc1. The number of ether oxygens (including phenoxy) is 1. The van der Waals surface area contributed by atoms with E-state index in [4.69, 9.17) is 4.74 Å². The normalized spacial score (nSPS) is 15.5. The van der Waals surface area contributed by atoms with Gasteiger partial charge in [0.15, 0.2) is 6.10 Å². The number of benzene rings is 3. The molecule has 33 heavy (non-hydrogen) atoms. The third-order valence-corrected chi connectivity index (χ3v) is 7.31. The van der Waals surface area contributed by atoms with E-state index in [2.05, 4.69) is 5.32 Å². The first-order valence-corrected chi connectivity index (χ1v) is 12.1. The van der Waals surface area contributed by atoms with Crippen LogP contribution in [0.1, 0.15) is 16.7 Å². The minimum absolute atomic E-state index is 0.144. The van der Waals surface area contributed by atoms with Gasteiger partial charge < -0.3 is 10.1 Å². The van der Waals surface area contributed by atoms with Gasteiger partial charge in [0.2, 0.25) is 0 Å². The molecule has 8 heteroatoms. The summed E-state index contributed by atoms with van der Waals surface area (Å²) in [4.78, 5) is 13.0. The molecule has 1 amide bonds. The number of carbonyl (C=O) groups excluding carboxylic acids is 1. The lowest BCUT2D eigenvalue weighted by Gasteiger charge is -2.35. The van der Waals surface area contributed by atoms with E-state index < -0.39 is 22.0 Å². The number of hydrogen-bond donors (Lipinski definition) is 1. The van der Waals surface area contributed by atoms with E-state index in [1.807, 2.05) is 19.9 Å². The van der Waals surface area contributed by atoms with Crippen LogP contribution in [0.2, 0.25) is 0 Å². The fourth-order valence-electron chi connectivity index (χ4n) is 3.66. The zero-order chi connectivity index (χ0) is 23.6. The van der Waals surface area contributed by atoms with Gasteiger partial charge in [-0.1, -0.05) is 35.9 Å². The summed E-state index contributed by atoms with van der Waals surface area (Å²) in [6.45, 7) is 3.93. The van der Waals surface area contributed by atoms with Gasteiger partial charge in [-0.05, 0) is 67.8 Å². The average molecular weight is 469 g/mol. The molecule has 3 aromatic carbocycles. The largest absolute Gasteiger partial charge is 0.476 e. The summed E-state index contributed by atoms with van der Waals surface area (Å²) in [7, 11) is -3.90. The van der Waals surface area contributed by atoms with Crippen molar-refractivity contribution in [3.63, 3.8) is 0 Å². The lowest BCUT2D eigenvalue weighted by molar-refractivity contribution is -0.127. The van der Waals surface area contributed by atoms with Gasteiger partial charge in [0.05, 0.1) is 17.1 Å². The summed E-state index contributed by atoms with van der Waals surface area (Å²) in [6, 6.07) is 17.9. The fourth-order valence-corrected chi connectivity index (χ4v) is 5.13. The standard InChI is InChI=1S/C25H25FN2O4S/c1-17-3-10-21(11-4-17)33(30,31)28-16-24(32-23-15-18(2)5-12-22(23)28)25(29)27-14-13-19-6-8-20(26)9-7-19/h3-12,15,24H,13-14,16H2,1-2H3,(H,27,29)/t24-/m1/s1. The Morgan fingerprint density at radius 3 is 2.39 bits per heavy atom. The summed E-state index contributed by atoms with van der Waals surface area (Å²) in [5, 5.41) is 2.80. The zero-order valence-corrected chi connectivity index (χ0v) is 19.2. The molecule has 0 radical (unpaired) electrons. The van der Waals surface area contributed by atoms with E-state index in [1.54, 1.807) is 48.5 Å². The van der Waals surface area contributed by atoms with Crippen LogP contribution in [0.25, 0.3) is 0 Å². The molecule has 0 bridgehead atoms. The Labute approximate surface area is 193 Å². The number of nitrogens with one attached hydrogen (secondary N) is 1. The summed E-state index contributed by atoms with van der Waals surface area (Å²) < 4.78 is 47.1. The van der Waals surface area contributed by atoms with E-state index in [0.717, 1.165) is 16.7 Å². The summed E-state index contributed by atoms with van der Waals surface area (Å²) in [5.41, 5.74) is 3.12. The van der Waals surface area contributed by atoms with Crippen LogP contribution in [0, 0.1) is 19.7 Å². The highest BCUT2D eigenvalue weighted by Crippen LogP contribution is 2.37. The highest BCUT2D eigenvalue weighted by Gasteiger charge is 2.37. The Morgan fingerprint density at radius 1 is 1.03 bits per heavy atom. The molecule has 0 unspecified atom stereocenters. The van der Waals surface area contributed by atoms with Crippen molar-refractivity contribution in [1.29, 1.82) is 0 Å². The molecule has 1 N–H and O–H groups in total. The Kier molecular flexibility index (Phi) is 6.37. The number of anilines is 1. The monoisotopic (exact) mass is 468 g/mol. The smallest absolute Gasteiger partial charge is 0.264 e. The van der Waals surface area contributed by atoms with Crippen molar-refractivity contribution in [2.45, 2.75) is 31.3 Å². The third-order valence-electron chi connectivity index (χ3n) is 5.51. The Balaban J connectivity index is 1.55. The van der Waals surface area contributed by atoms with Gasteiger partial charge in [0, 0.05) is 6.54 Å². The van der Waals surface area contributed by atoms with Crippen LogP contribution in [-0.4, -0.2) is 33.5 Å². The van der Waals surface area contributed by atoms with E-state index in [9.17, 15) is 17.6 Å². The molecular formula is C25H25FN2O4S. The van der Waals surface area contributed by atoms with Crippen LogP contribution >= 0.6 is 0 Å². The molecule has 0 fully saturated rings. The molecule has 1 aliphatic rings. The van der Waals surface area contributed by atoms with Gasteiger partial charge in [-0.3, -0.25) is 9.10 Å². The van der Waals surface area contributed by atoms with Crippen molar-refractivity contribution in [1.82, 2.24) is 5.32 Å². The maximum absolute atomic E-state index is 13.4. The molecule has 1 heterocycles. The summed E-state index contributed by atoms with van der Waals surface area (Å²) in [5.74, 6) is -0.383. The van der Waals surface area contributed by atoms with Crippen LogP contribution in [0.15, 0.2) is 71.6 Å². The number of fused-ring (bicyclic) bond motifs is 1. The molecule has 0 spiro atoms. The Bertz CT molecular complexity index is 1260. The highest BCUT2D eigenvalue weighted by molar-refractivity contribution is 7.92. The minimum Gasteiger partial charge on any atom is -0.476 e. The maximum Gasteiger partial charge on any atom is 0.264 e. The number of aryl methyl sites for hydroxylation is 2. The molecule has 1 aliphatic heterocycles. The van der Waals surface area contributed by atoms with Crippen molar-refractivity contribution >= 4 is 21.6 Å². The van der Waals surface area contributed by atoms with Crippen molar-refractivity contribution < 1.29 is 22.3 Å². The van der Waals surface area contributed by atoms with Crippen LogP contribution in [0.5, 0.6) is 5.75 Å². The number of rotatable bonds is 6. The van der Waals surface area contributed by atoms with Crippen molar-refractivity contribution in [2.24, 2.45) is 0 Å². The van der Waals surface area contributed by atoms with Gasteiger partial charge in [-0.25, -0.2) is 12.8 Å². The second kappa shape index (κ2) is 9.23. The molecule has 3 aromatic rings. The molecule has 0 saturated carbocycles. The second-order valence-electron chi connectivity index (χ2n) is 8.09.